The van der Waals surface area contributed by atoms with Gasteiger partial charge in [0.1, 0.15) is 13.2 Å². The lowest BCUT2D eigenvalue weighted by Gasteiger charge is -2.31. The van der Waals surface area contributed by atoms with E-state index in [9.17, 15) is 9.59 Å². The Morgan fingerprint density at radius 3 is 2.22 bits per heavy atom. The van der Waals surface area contributed by atoms with Crippen LogP contribution < -0.4 is 0 Å². The van der Waals surface area contributed by atoms with Crippen molar-refractivity contribution < 1.29 is 18.8 Å². The van der Waals surface area contributed by atoms with Crippen molar-refractivity contribution in [2.24, 2.45) is 0 Å². The van der Waals surface area contributed by atoms with Crippen molar-refractivity contribution in [2.45, 2.75) is 26.7 Å². The summed E-state index contributed by atoms with van der Waals surface area (Å²) in [5.41, 5.74) is 2.12. The smallest absolute Gasteiger partial charge is 0.338 e. The van der Waals surface area contributed by atoms with Crippen LogP contribution in [-0.2, 0) is 11.2 Å². The molecule has 0 atom stereocenters. The second kappa shape index (κ2) is 10.0. The molecule has 0 aliphatic rings. The van der Waals surface area contributed by atoms with Crippen molar-refractivity contribution in [2.75, 3.05) is 33.3 Å². The van der Waals surface area contributed by atoms with Gasteiger partial charge in [-0.05, 0) is 31.9 Å². The first-order valence-corrected chi connectivity index (χ1v) is 9.66. The number of hydrogen-bond acceptors (Lipinski definition) is 3. The van der Waals surface area contributed by atoms with E-state index in [1.165, 1.54) is 0 Å². The van der Waals surface area contributed by atoms with Gasteiger partial charge in [0.05, 0.1) is 25.7 Å². The molecule has 0 fully saturated rings. The number of carbonyl (C=O) groups excluding carboxylic acids is 2. The monoisotopic (exact) mass is 368 g/mol. The Labute approximate surface area is 162 Å². The molecule has 2 aromatic carbocycles. The molecule has 0 aromatic heterocycles. The maximum Gasteiger partial charge on any atom is 0.338 e. The van der Waals surface area contributed by atoms with Crippen LogP contribution in [0, 0.1) is 0 Å². The second-order valence-corrected chi connectivity index (χ2v) is 7.06. The summed E-state index contributed by atoms with van der Waals surface area (Å²) in [6.07, 6.45) is 0.894. The second-order valence-electron chi connectivity index (χ2n) is 7.06. The average Bonchev–Trinajstić information content (AvgIpc) is 2.72. The molecule has 0 aliphatic heterocycles. The normalized spacial score (nSPS) is 11.2. The Morgan fingerprint density at radius 2 is 1.56 bits per heavy atom. The molecule has 2 rings (SSSR count). The summed E-state index contributed by atoms with van der Waals surface area (Å²) in [5, 5.41) is 0. The first-order chi connectivity index (χ1) is 13.0. The third-order valence-corrected chi connectivity index (χ3v) is 5.35. The molecular weight excluding hydrogens is 338 g/mol. The number of benzene rings is 2. The molecule has 144 valence electrons. The van der Waals surface area contributed by atoms with Crippen LogP contribution in [0.25, 0.3) is 0 Å². The number of nitrogens with zero attached hydrogens (tertiary/aromatic N) is 1. The molecule has 0 bridgehead atoms. The zero-order valence-electron chi connectivity index (χ0n) is 16.6. The van der Waals surface area contributed by atoms with Crippen molar-refractivity contribution in [3.63, 3.8) is 0 Å². The molecule has 4 nitrogen and oxygen atoms in total. The van der Waals surface area contributed by atoms with E-state index in [1.807, 2.05) is 48.5 Å². The summed E-state index contributed by atoms with van der Waals surface area (Å²) in [6.45, 7) is 7.49. The number of aryl methyl sites for hydroxylation is 1. The summed E-state index contributed by atoms with van der Waals surface area (Å²) >= 11 is 0. The Bertz CT molecular complexity index is 751. The van der Waals surface area contributed by atoms with Gasteiger partial charge in [-0.2, -0.15) is 0 Å². The fraction of sp³-hybridized carbons (Fsp3) is 0.391. The van der Waals surface area contributed by atoms with Crippen LogP contribution in [-0.4, -0.2) is 49.5 Å². The topological polar surface area (TPSA) is 43.4 Å². The molecule has 4 heteroatoms. The lowest BCUT2D eigenvalue weighted by Crippen LogP contribution is -2.46. The average molecular weight is 368 g/mol. The van der Waals surface area contributed by atoms with E-state index in [-0.39, 0.29) is 11.8 Å². The number of rotatable bonds is 10. The molecule has 0 saturated carbocycles. The van der Waals surface area contributed by atoms with Crippen molar-refractivity contribution in [3.05, 3.63) is 71.3 Å². The van der Waals surface area contributed by atoms with Crippen LogP contribution in [0.4, 0.5) is 0 Å². The molecule has 0 unspecified atom stereocenters. The van der Waals surface area contributed by atoms with Crippen LogP contribution in [0.1, 0.15) is 46.5 Å². The highest BCUT2D eigenvalue weighted by Crippen LogP contribution is 2.15. The van der Waals surface area contributed by atoms with Crippen molar-refractivity contribution in [1.82, 2.24) is 0 Å². The Kier molecular flexibility index (Phi) is 7.74. The number of Topliss-reactive ketones (excluding diaryl/α,β-unsaturated/α-hetero) is 1. The van der Waals surface area contributed by atoms with Gasteiger partial charge < -0.3 is 9.22 Å². The minimum Gasteiger partial charge on any atom is -0.456 e. The summed E-state index contributed by atoms with van der Waals surface area (Å²) in [6, 6.07) is 16.6. The van der Waals surface area contributed by atoms with Crippen LogP contribution in [0.3, 0.4) is 0 Å². The van der Waals surface area contributed by atoms with Gasteiger partial charge in [-0.15, -0.1) is 0 Å². The Hall–Kier alpha value is -2.46. The Morgan fingerprint density at radius 1 is 0.926 bits per heavy atom. The van der Waals surface area contributed by atoms with Gasteiger partial charge in [0.25, 0.3) is 0 Å². The highest BCUT2D eigenvalue weighted by atomic mass is 16.5. The van der Waals surface area contributed by atoms with E-state index in [0.29, 0.717) is 30.6 Å². The van der Waals surface area contributed by atoms with Crippen LogP contribution >= 0.6 is 0 Å². The number of quaternary nitrogens is 1. The van der Waals surface area contributed by atoms with E-state index in [4.69, 9.17) is 4.74 Å². The highest BCUT2D eigenvalue weighted by Gasteiger charge is 2.19. The van der Waals surface area contributed by atoms with Crippen LogP contribution in [0.5, 0.6) is 0 Å². The number of esters is 1. The zero-order chi connectivity index (χ0) is 19.7. The standard InChI is InChI=1S/C23H30NO3/c1-4-24(3,5-2)17-18-27-23(26)21-14-10-9-11-19(21)15-16-22(25)20-12-7-6-8-13-20/h6-14H,4-5,15-18H2,1-3H3/q+1. The maximum absolute atomic E-state index is 12.5. The first kappa shape index (κ1) is 20.8. The number of ether oxygens (including phenoxy) is 1. The number of carbonyl (C=O) groups is 2. The predicted octanol–water partition coefficient (Wildman–Crippen LogP) is 4.15. The van der Waals surface area contributed by atoms with Gasteiger partial charge in [0.15, 0.2) is 5.78 Å². The largest absolute Gasteiger partial charge is 0.456 e. The fourth-order valence-electron chi connectivity index (χ4n) is 2.93. The minimum atomic E-state index is -0.309. The van der Waals surface area contributed by atoms with Crippen LogP contribution in [0.15, 0.2) is 54.6 Å². The van der Waals surface area contributed by atoms with Gasteiger partial charge >= 0.3 is 5.97 Å². The molecule has 0 aliphatic carbocycles. The van der Waals surface area contributed by atoms with Crippen molar-refractivity contribution >= 4 is 11.8 Å². The number of hydrogen-bond donors (Lipinski definition) is 0. The SMILES string of the molecule is CC[N+](C)(CC)CCOC(=O)c1ccccc1CCC(=O)c1ccccc1. The number of likely N-dealkylation sites (N-methyl/N-ethyl adjacent to an activating group) is 1. The van der Waals surface area contributed by atoms with Gasteiger partial charge in [-0.1, -0.05) is 48.5 Å². The molecule has 0 heterocycles. The molecule has 0 amide bonds. The van der Waals surface area contributed by atoms with Gasteiger partial charge in [0.2, 0.25) is 0 Å². The molecule has 0 N–H and O–H groups in total. The summed E-state index contributed by atoms with van der Waals surface area (Å²) in [4.78, 5) is 24.9. The molecular formula is C23H30NO3+. The fourth-order valence-corrected chi connectivity index (χ4v) is 2.93. The Balaban J connectivity index is 1.96. The predicted molar refractivity (Wildman–Crippen MR) is 108 cm³/mol. The van der Waals surface area contributed by atoms with E-state index in [2.05, 4.69) is 20.9 Å². The van der Waals surface area contributed by atoms with Crippen molar-refractivity contribution in [3.8, 4) is 0 Å². The van der Waals surface area contributed by atoms with E-state index >= 15 is 0 Å². The molecule has 0 radical (unpaired) electrons. The third kappa shape index (κ3) is 6.04. The number of ketones is 1. The van der Waals surface area contributed by atoms with Gasteiger partial charge in [-0.3, -0.25) is 4.79 Å². The van der Waals surface area contributed by atoms with Gasteiger partial charge in [0, 0.05) is 12.0 Å². The minimum absolute atomic E-state index is 0.0812. The summed E-state index contributed by atoms with van der Waals surface area (Å²) < 4.78 is 6.40. The molecule has 27 heavy (non-hydrogen) atoms. The van der Waals surface area contributed by atoms with E-state index in [0.717, 1.165) is 29.7 Å². The van der Waals surface area contributed by atoms with E-state index in [1.54, 1.807) is 6.07 Å². The first-order valence-electron chi connectivity index (χ1n) is 9.66. The highest BCUT2D eigenvalue weighted by molar-refractivity contribution is 5.96. The lowest BCUT2D eigenvalue weighted by molar-refractivity contribution is -0.906. The van der Waals surface area contributed by atoms with Crippen molar-refractivity contribution in [1.29, 1.82) is 0 Å². The maximum atomic E-state index is 12.5. The van der Waals surface area contributed by atoms with E-state index < -0.39 is 0 Å². The summed E-state index contributed by atoms with van der Waals surface area (Å²) in [5.74, 6) is -0.228. The van der Waals surface area contributed by atoms with Crippen LogP contribution in [0.2, 0.25) is 0 Å². The molecule has 2 aromatic rings. The van der Waals surface area contributed by atoms with Gasteiger partial charge in [-0.25, -0.2) is 4.79 Å². The quantitative estimate of drug-likeness (QED) is 0.359. The lowest BCUT2D eigenvalue weighted by atomic mass is 9.99. The third-order valence-electron chi connectivity index (χ3n) is 5.35. The zero-order valence-corrected chi connectivity index (χ0v) is 16.6. The molecule has 0 spiro atoms. The molecule has 0 saturated heterocycles. The summed E-state index contributed by atoms with van der Waals surface area (Å²) in [7, 11) is 2.16.